The monoisotopic (exact) mass is 479 g/mol. The summed E-state index contributed by atoms with van der Waals surface area (Å²) in [7, 11) is 6.05. The van der Waals surface area contributed by atoms with Gasteiger partial charge in [0, 0.05) is 68.7 Å². The van der Waals surface area contributed by atoms with Crippen LogP contribution in [0.4, 0.5) is 11.4 Å². The number of para-hydroxylation sites is 1. The molecule has 0 saturated carbocycles. The Morgan fingerprint density at radius 1 is 1.11 bits per heavy atom. The summed E-state index contributed by atoms with van der Waals surface area (Å²) in [4.78, 5) is 27.4. The second-order valence-corrected chi connectivity index (χ2v) is 9.65. The summed E-state index contributed by atoms with van der Waals surface area (Å²) in [6.07, 6.45) is 5.22. The van der Waals surface area contributed by atoms with E-state index in [0.29, 0.717) is 12.2 Å². The summed E-state index contributed by atoms with van der Waals surface area (Å²) < 4.78 is 5.77. The normalized spacial score (nSPS) is 16.3. The minimum absolute atomic E-state index is 0.106. The highest BCUT2D eigenvalue weighted by molar-refractivity contribution is 6.09. The maximum absolute atomic E-state index is 13.6. The van der Waals surface area contributed by atoms with Crippen molar-refractivity contribution in [2.45, 2.75) is 18.9 Å². The fourth-order valence-electron chi connectivity index (χ4n) is 5.50. The molecule has 2 aliphatic rings. The number of ether oxygens (including phenoxy) is 1. The largest absolute Gasteiger partial charge is 0.493 e. The van der Waals surface area contributed by atoms with Crippen LogP contribution in [-0.4, -0.2) is 50.2 Å². The molecule has 2 aromatic heterocycles. The van der Waals surface area contributed by atoms with Crippen LogP contribution in [0.15, 0.2) is 60.9 Å². The Bertz CT molecular complexity index is 1480. The predicted molar refractivity (Wildman–Crippen MR) is 143 cm³/mol. The smallest absolute Gasteiger partial charge is 0.255 e. The van der Waals surface area contributed by atoms with Crippen LogP contribution in [0.1, 0.15) is 33.9 Å². The van der Waals surface area contributed by atoms with Crippen molar-refractivity contribution in [2.24, 2.45) is 0 Å². The van der Waals surface area contributed by atoms with Crippen molar-refractivity contribution in [3.63, 3.8) is 0 Å². The number of nitrogens with zero attached hydrogens (tertiary/aromatic N) is 4. The van der Waals surface area contributed by atoms with E-state index in [2.05, 4.69) is 35.5 Å². The number of rotatable bonds is 4. The average molecular weight is 480 g/mol. The lowest BCUT2D eigenvalue weighted by atomic mass is 9.98. The molecule has 0 bridgehead atoms. The van der Waals surface area contributed by atoms with E-state index in [1.807, 2.05) is 55.5 Å². The Morgan fingerprint density at radius 2 is 1.97 bits per heavy atom. The first kappa shape index (κ1) is 22.3. The molecule has 0 radical (unpaired) electrons. The third-order valence-electron chi connectivity index (χ3n) is 7.23. The standard InChI is InChI=1S/C29H29N5O2/c1-33(2)28-21-11-14-30-26(19-8-6-9-24-18(19)12-15-34(24)3)27(21)31-17-22(28)29(35)32-23-13-16-36-25-10-5-4-7-20(23)25/h4-11,14,17,23H,12-13,15-16H2,1-3H3,(H,32,35)/t23-/m0/s1. The molecule has 1 atom stereocenters. The number of anilines is 2. The number of likely N-dealkylation sites (N-methyl/N-ethyl adjacent to an activating group) is 1. The minimum atomic E-state index is -0.143. The summed E-state index contributed by atoms with van der Waals surface area (Å²) in [6, 6.07) is 16.1. The fourth-order valence-corrected chi connectivity index (χ4v) is 5.50. The van der Waals surface area contributed by atoms with Crippen LogP contribution < -0.4 is 19.9 Å². The van der Waals surface area contributed by atoms with Crippen molar-refractivity contribution in [3.05, 3.63) is 77.6 Å². The van der Waals surface area contributed by atoms with E-state index in [-0.39, 0.29) is 11.9 Å². The zero-order valence-corrected chi connectivity index (χ0v) is 20.8. The first-order valence-electron chi connectivity index (χ1n) is 12.3. The number of aromatic nitrogens is 2. The lowest BCUT2D eigenvalue weighted by Crippen LogP contribution is -2.33. The molecule has 7 heteroatoms. The molecule has 4 aromatic rings. The zero-order chi connectivity index (χ0) is 24.8. The summed E-state index contributed by atoms with van der Waals surface area (Å²) in [5.74, 6) is 0.686. The van der Waals surface area contributed by atoms with Crippen molar-refractivity contribution >= 4 is 28.2 Å². The number of fused-ring (bicyclic) bond motifs is 3. The van der Waals surface area contributed by atoms with Crippen LogP contribution in [-0.2, 0) is 6.42 Å². The van der Waals surface area contributed by atoms with Gasteiger partial charge in [-0.25, -0.2) is 0 Å². The molecule has 4 heterocycles. The van der Waals surface area contributed by atoms with Crippen LogP contribution in [0.25, 0.3) is 22.2 Å². The molecule has 36 heavy (non-hydrogen) atoms. The lowest BCUT2D eigenvalue weighted by molar-refractivity contribution is 0.0925. The van der Waals surface area contributed by atoms with Crippen molar-refractivity contribution in [3.8, 4) is 17.0 Å². The molecular weight excluding hydrogens is 450 g/mol. The Kier molecular flexibility index (Phi) is 5.48. The summed E-state index contributed by atoms with van der Waals surface area (Å²) in [5.41, 5.74) is 7.70. The quantitative estimate of drug-likeness (QED) is 0.461. The van der Waals surface area contributed by atoms with Crippen molar-refractivity contribution < 1.29 is 9.53 Å². The van der Waals surface area contributed by atoms with Crippen LogP contribution in [0.3, 0.4) is 0 Å². The van der Waals surface area contributed by atoms with Crippen molar-refractivity contribution in [1.29, 1.82) is 0 Å². The number of hydrogen-bond donors (Lipinski definition) is 1. The lowest BCUT2D eigenvalue weighted by Gasteiger charge is -2.27. The van der Waals surface area contributed by atoms with Gasteiger partial charge >= 0.3 is 0 Å². The van der Waals surface area contributed by atoms with Crippen LogP contribution in [0.2, 0.25) is 0 Å². The summed E-state index contributed by atoms with van der Waals surface area (Å²) >= 11 is 0. The Labute approximate surface area is 210 Å². The predicted octanol–water partition coefficient (Wildman–Crippen LogP) is 4.61. The molecule has 0 unspecified atom stereocenters. The van der Waals surface area contributed by atoms with Gasteiger partial charge in [0.05, 0.1) is 35.1 Å². The highest BCUT2D eigenvalue weighted by Crippen LogP contribution is 2.39. The molecule has 2 aromatic carbocycles. The number of benzene rings is 2. The Hall–Kier alpha value is -4.13. The third-order valence-corrected chi connectivity index (χ3v) is 7.23. The molecule has 0 fully saturated rings. The fraction of sp³-hybridized carbons (Fsp3) is 0.276. The van der Waals surface area contributed by atoms with Gasteiger partial charge in [0.25, 0.3) is 5.91 Å². The molecular formula is C29H29N5O2. The van der Waals surface area contributed by atoms with Gasteiger partial charge in [0.2, 0.25) is 0 Å². The maximum atomic E-state index is 13.6. The Balaban J connectivity index is 1.43. The van der Waals surface area contributed by atoms with Crippen LogP contribution >= 0.6 is 0 Å². The van der Waals surface area contributed by atoms with Gasteiger partial charge in [-0.3, -0.25) is 14.8 Å². The van der Waals surface area contributed by atoms with Gasteiger partial charge in [-0.05, 0) is 30.2 Å². The van der Waals surface area contributed by atoms with Crippen molar-refractivity contribution in [2.75, 3.05) is 44.1 Å². The minimum Gasteiger partial charge on any atom is -0.493 e. The van der Waals surface area contributed by atoms with Crippen LogP contribution in [0.5, 0.6) is 5.75 Å². The van der Waals surface area contributed by atoms with Gasteiger partial charge in [-0.2, -0.15) is 0 Å². The number of pyridine rings is 2. The van der Waals surface area contributed by atoms with Crippen molar-refractivity contribution in [1.82, 2.24) is 15.3 Å². The van der Waals surface area contributed by atoms with E-state index in [1.54, 1.807) is 6.20 Å². The van der Waals surface area contributed by atoms with E-state index < -0.39 is 0 Å². The molecule has 1 N–H and O–H groups in total. The van der Waals surface area contributed by atoms with Gasteiger partial charge in [-0.1, -0.05) is 30.3 Å². The molecule has 7 nitrogen and oxygen atoms in total. The molecule has 2 aliphatic heterocycles. The van der Waals surface area contributed by atoms with E-state index in [1.165, 1.54) is 11.3 Å². The summed E-state index contributed by atoms with van der Waals surface area (Å²) in [5, 5.41) is 4.14. The van der Waals surface area contributed by atoms with E-state index in [9.17, 15) is 4.79 Å². The average Bonchev–Trinajstić information content (AvgIpc) is 3.28. The highest BCUT2D eigenvalue weighted by atomic mass is 16.5. The second kappa shape index (κ2) is 8.82. The van der Waals surface area contributed by atoms with Gasteiger partial charge < -0.3 is 19.9 Å². The summed E-state index contributed by atoms with van der Waals surface area (Å²) in [6.45, 7) is 1.57. The van der Waals surface area contributed by atoms with E-state index >= 15 is 0 Å². The second-order valence-electron chi connectivity index (χ2n) is 9.65. The molecule has 182 valence electrons. The number of carbonyl (C=O) groups excluding carboxylic acids is 1. The highest BCUT2D eigenvalue weighted by Gasteiger charge is 2.27. The molecule has 0 aliphatic carbocycles. The molecule has 0 saturated heterocycles. The van der Waals surface area contributed by atoms with Gasteiger partial charge in [0.1, 0.15) is 5.75 Å². The van der Waals surface area contributed by atoms with Crippen LogP contribution in [0, 0.1) is 0 Å². The number of hydrogen-bond acceptors (Lipinski definition) is 6. The van der Waals surface area contributed by atoms with Gasteiger partial charge in [0.15, 0.2) is 0 Å². The van der Waals surface area contributed by atoms with Gasteiger partial charge in [-0.15, -0.1) is 0 Å². The molecule has 1 amide bonds. The number of amides is 1. The van der Waals surface area contributed by atoms with E-state index in [0.717, 1.165) is 58.5 Å². The molecule has 6 rings (SSSR count). The Morgan fingerprint density at radius 3 is 2.83 bits per heavy atom. The first-order chi connectivity index (χ1) is 17.5. The zero-order valence-electron chi connectivity index (χ0n) is 20.8. The molecule has 0 spiro atoms. The first-order valence-corrected chi connectivity index (χ1v) is 12.3. The number of nitrogens with one attached hydrogen (secondary N) is 1. The topological polar surface area (TPSA) is 70.6 Å². The SMILES string of the molecule is CN(C)c1c(C(=O)N[C@H]2CCOc3ccccc32)cnc2c(-c3cccc4c3CCN4C)nccc12. The van der Waals surface area contributed by atoms with E-state index in [4.69, 9.17) is 14.7 Å². The maximum Gasteiger partial charge on any atom is 0.255 e. The number of carbonyl (C=O) groups is 1. The third kappa shape index (κ3) is 3.63.